The Morgan fingerprint density at radius 2 is 1.48 bits per heavy atom. The van der Waals surface area contributed by atoms with Gasteiger partial charge in [0.1, 0.15) is 0 Å². The lowest BCUT2D eigenvalue weighted by Crippen LogP contribution is -2.34. The van der Waals surface area contributed by atoms with Gasteiger partial charge in [-0.05, 0) is 38.9 Å². The molecule has 0 bridgehead atoms. The van der Waals surface area contributed by atoms with E-state index in [-0.39, 0.29) is 0 Å². The molecule has 0 aromatic heterocycles. The van der Waals surface area contributed by atoms with Crippen LogP contribution in [0, 0.1) is 0 Å². The van der Waals surface area contributed by atoms with Crippen LogP contribution in [0.2, 0.25) is 0 Å². The number of rotatable bonds is 9. The summed E-state index contributed by atoms with van der Waals surface area (Å²) in [6, 6.07) is 0. The molecule has 0 aromatic rings. The van der Waals surface area contributed by atoms with Crippen molar-refractivity contribution < 1.29 is 5.21 Å². The van der Waals surface area contributed by atoms with Gasteiger partial charge in [0.25, 0.3) is 0 Å². The second-order valence-electron chi connectivity index (χ2n) is 5.82. The van der Waals surface area contributed by atoms with Crippen molar-refractivity contribution in [3.63, 3.8) is 0 Å². The summed E-state index contributed by atoms with van der Waals surface area (Å²) in [5.41, 5.74) is 0.961. The molecule has 126 valence electrons. The van der Waals surface area contributed by atoms with E-state index in [1.165, 1.54) is 58.2 Å². The number of piperidine rings is 1. The highest BCUT2D eigenvalue weighted by Crippen LogP contribution is 2.07. The van der Waals surface area contributed by atoms with Gasteiger partial charge in [-0.25, -0.2) is 0 Å². The number of hydrogen-bond donors (Lipinski definition) is 2. The molecular formula is C17H37N3O. The Bertz CT molecular complexity index is 228. The molecule has 0 radical (unpaired) electrons. The second-order valence-corrected chi connectivity index (χ2v) is 5.82. The molecule has 0 aromatic carbocycles. The van der Waals surface area contributed by atoms with Crippen LogP contribution in [0.5, 0.6) is 0 Å². The van der Waals surface area contributed by atoms with Gasteiger partial charge in [-0.15, -0.1) is 0 Å². The molecule has 4 nitrogen and oxygen atoms in total. The third kappa shape index (κ3) is 12.8. The van der Waals surface area contributed by atoms with Crippen molar-refractivity contribution in [1.29, 1.82) is 0 Å². The van der Waals surface area contributed by atoms with Crippen LogP contribution in [-0.2, 0) is 0 Å². The normalized spacial score (nSPS) is 15.5. The van der Waals surface area contributed by atoms with Gasteiger partial charge < -0.3 is 15.4 Å². The molecule has 0 amide bonds. The lowest BCUT2D eigenvalue weighted by Gasteiger charge is -2.26. The van der Waals surface area contributed by atoms with Gasteiger partial charge in [-0.2, -0.15) is 0 Å². The molecule has 4 heteroatoms. The summed E-state index contributed by atoms with van der Waals surface area (Å²) in [6.07, 6.45) is 9.69. The number of unbranched alkanes of at least 4 members (excludes halogenated alkanes) is 3. The largest absolute Gasteiger partial charge is 0.411 e. The molecule has 0 unspecified atom stereocenters. The maximum atomic E-state index is 8.52. The fourth-order valence-electron chi connectivity index (χ4n) is 2.25. The van der Waals surface area contributed by atoms with E-state index >= 15 is 0 Å². The number of nitrogens with zero attached hydrogens (tertiary/aromatic N) is 2. The molecule has 21 heavy (non-hydrogen) atoms. The molecule has 0 spiro atoms. The van der Waals surface area contributed by atoms with E-state index in [2.05, 4.69) is 36.1 Å². The highest BCUT2D eigenvalue weighted by Gasteiger charge is 2.13. The molecule has 0 aliphatic carbocycles. The first-order chi connectivity index (χ1) is 10.3. The van der Waals surface area contributed by atoms with E-state index in [4.69, 9.17) is 5.21 Å². The maximum absolute atomic E-state index is 8.52. The summed E-state index contributed by atoms with van der Waals surface area (Å²) < 4.78 is 0. The van der Waals surface area contributed by atoms with Crippen LogP contribution < -0.4 is 5.32 Å². The molecular weight excluding hydrogens is 262 g/mol. The molecule has 2 N–H and O–H groups in total. The summed E-state index contributed by atoms with van der Waals surface area (Å²) in [7, 11) is 0. The Kier molecular flexibility index (Phi) is 15.3. The van der Waals surface area contributed by atoms with E-state index in [1.807, 2.05) is 0 Å². The highest BCUT2D eigenvalue weighted by molar-refractivity contribution is 5.84. The van der Waals surface area contributed by atoms with Crippen LogP contribution in [0.1, 0.15) is 72.1 Å². The quantitative estimate of drug-likeness (QED) is 0.386. The lowest BCUT2D eigenvalue weighted by atomic mass is 10.1. The van der Waals surface area contributed by atoms with Gasteiger partial charge in [-0.1, -0.05) is 45.2 Å². The fourth-order valence-corrected chi connectivity index (χ4v) is 2.25. The Hall–Kier alpha value is -0.610. The number of nitrogens with one attached hydrogen (secondary N) is 1. The van der Waals surface area contributed by atoms with Crippen LogP contribution in [-0.4, -0.2) is 48.5 Å². The summed E-state index contributed by atoms with van der Waals surface area (Å²) >= 11 is 0. The summed E-state index contributed by atoms with van der Waals surface area (Å²) in [4.78, 5) is 2.44. The molecule has 1 saturated heterocycles. The van der Waals surface area contributed by atoms with Crippen molar-refractivity contribution in [3.8, 4) is 0 Å². The molecule has 0 atom stereocenters. The minimum atomic E-state index is 0.945. The average molecular weight is 300 g/mol. The number of likely N-dealkylation sites (tertiary alicyclic amines) is 1. The molecule has 1 aliphatic heterocycles. The second kappa shape index (κ2) is 15.8. The summed E-state index contributed by atoms with van der Waals surface area (Å²) in [5, 5.41) is 15.2. The zero-order valence-electron chi connectivity index (χ0n) is 14.5. The van der Waals surface area contributed by atoms with E-state index in [9.17, 15) is 0 Å². The third-order valence-electron chi connectivity index (χ3n) is 3.82. The standard InChI is InChI=1S/C9H18N2O.C8H19N/c1-2-3-6-11-7-4-9(10-12)5-8-11;1-3-5-7-9-8-6-4-2/h12H,2-8H2,1H3;9H,3-8H2,1-2H3. The lowest BCUT2D eigenvalue weighted by molar-refractivity contribution is 0.260. The summed E-state index contributed by atoms with van der Waals surface area (Å²) in [5.74, 6) is 0. The van der Waals surface area contributed by atoms with Crippen LogP contribution in [0.3, 0.4) is 0 Å². The van der Waals surface area contributed by atoms with Crippen LogP contribution in [0.4, 0.5) is 0 Å². The monoisotopic (exact) mass is 299 g/mol. The Morgan fingerprint density at radius 1 is 0.952 bits per heavy atom. The number of hydrogen-bond acceptors (Lipinski definition) is 4. The Labute approximate surface area is 132 Å². The zero-order valence-corrected chi connectivity index (χ0v) is 14.5. The average Bonchev–Trinajstić information content (AvgIpc) is 2.54. The van der Waals surface area contributed by atoms with Crippen LogP contribution in [0.15, 0.2) is 5.16 Å². The van der Waals surface area contributed by atoms with E-state index < -0.39 is 0 Å². The van der Waals surface area contributed by atoms with Crippen molar-refractivity contribution in [1.82, 2.24) is 10.2 Å². The van der Waals surface area contributed by atoms with Crippen LogP contribution >= 0.6 is 0 Å². The predicted octanol–water partition coefficient (Wildman–Crippen LogP) is 3.89. The minimum Gasteiger partial charge on any atom is -0.411 e. The molecule has 0 saturated carbocycles. The van der Waals surface area contributed by atoms with Gasteiger partial charge in [0.2, 0.25) is 0 Å². The topological polar surface area (TPSA) is 47.9 Å². The van der Waals surface area contributed by atoms with Gasteiger partial charge >= 0.3 is 0 Å². The first-order valence-electron chi connectivity index (χ1n) is 8.91. The van der Waals surface area contributed by atoms with E-state index in [0.29, 0.717) is 0 Å². The van der Waals surface area contributed by atoms with Crippen molar-refractivity contribution >= 4 is 5.71 Å². The van der Waals surface area contributed by atoms with Crippen molar-refractivity contribution in [2.45, 2.75) is 72.1 Å². The molecule has 1 heterocycles. The predicted molar refractivity (Wildman–Crippen MR) is 92.5 cm³/mol. The minimum absolute atomic E-state index is 0.945. The first kappa shape index (κ1) is 20.4. The van der Waals surface area contributed by atoms with Gasteiger partial charge in [-0.3, -0.25) is 0 Å². The summed E-state index contributed by atoms with van der Waals surface area (Å²) in [6.45, 7) is 12.4. The number of oxime groups is 1. The van der Waals surface area contributed by atoms with Crippen LogP contribution in [0.25, 0.3) is 0 Å². The van der Waals surface area contributed by atoms with Gasteiger partial charge in [0.05, 0.1) is 5.71 Å². The first-order valence-corrected chi connectivity index (χ1v) is 8.91. The van der Waals surface area contributed by atoms with Gasteiger partial charge in [0, 0.05) is 25.9 Å². The fraction of sp³-hybridized carbons (Fsp3) is 0.941. The Balaban J connectivity index is 0.000000400. The maximum Gasteiger partial charge on any atom is 0.0596 e. The SMILES string of the molecule is CCCCN1CCC(=NO)CC1.CCCCNCCCC. The van der Waals surface area contributed by atoms with Gasteiger partial charge in [0.15, 0.2) is 0 Å². The van der Waals surface area contributed by atoms with Crippen molar-refractivity contribution in [2.24, 2.45) is 5.16 Å². The molecule has 1 fully saturated rings. The molecule has 1 rings (SSSR count). The van der Waals surface area contributed by atoms with Crippen molar-refractivity contribution in [3.05, 3.63) is 0 Å². The zero-order chi connectivity index (χ0) is 15.8. The Morgan fingerprint density at radius 3 is 1.90 bits per heavy atom. The van der Waals surface area contributed by atoms with Crippen molar-refractivity contribution in [2.75, 3.05) is 32.7 Å². The van der Waals surface area contributed by atoms with E-state index in [0.717, 1.165) is 31.6 Å². The third-order valence-corrected chi connectivity index (χ3v) is 3.82. The van der Waals surface area contributed by atoms with E-state index in [1.54, 1.807) is 0 Å². The highest BCUT2D eigenvalue weighted by atomic mass is 16.4. The molecule has 1 aliphatic rings. The smallest absolute Gasteiger partial charge is 0.0596 e.